The molecule has 0 N–H and O–H groups in total. The number of hydrogen-bond acceptors (Lipinski definition) is 0. The highest BCUT2D eigenvalue weighted by Gasteiger charge is 2.09. The van der Waals surface area contributed by atoms with E-state index in [0.717, 1.165) is 19.4 Å². The van der Waals surface area contributed by atoms with E-state index in [1.807, 2.05) is 6.07 Å². The second kappa shape index (κ2) is 4.24. The third kappa shape index (κ3) is 2.43. The van der Waals surface area contributed by atoms with Crippen LogP contribution < -0.4 is 5.32 Å². The Morgan fingerprint density at radius 1 is 1.08 bits per heavy atom. The number of nitrogens with zero attached hydrogens (tertiary/aromatic N) is 1. The van der Waals surface area contributed by atoms with Crippen LogP contribution in [-0.4, -0.2) is 6.04 Å². The van der Waals surface area contributed by atoms with Gasteiger partial charge in [-0.2, -0.15) is 0 Å². The summed E-state index contributed by atoms with van der Waals surface area (Å²) in [5.74, 6) is 0. The lowest BCUT2D eigenvalue weighted by Crippen LogP contribution is -2.18. The molecule has 0 spiro atoms. The molecule has 2 rings (SSSR count). The van der Waals surface area contributed by atoms with Crippen LogP contribution in [0.1, 0.15) is 18.4 Å². The fraction of sp³-hybridized carbons (Fsp3) is 0.333. The monoisotopic (exact) mass is 172 g/mol. The van der Waals surface area contributed by atoms with E-state index in [4.69, 9.17) is 0 Å². The minimum absolute atomic E-state index is 0.542. The van der Waals surface area contributed by atoms with Crippen molar-refractivity contribution in [2.45, 2.75) is 25.4 Å². The van der Waals surface area contributed by atoms with Gasteiger partial charge in [0.15, 0.2) is 0 Å². The van der Waals surface area contributed by atoms with E-state index in [1.54, 1.807) is 0 Å². The van der Waals surface area contributed by atoms with Gasteiger partial charge in [-0.15, -0.1) is 0 Å². The summed E-state index contributed by atoms with van der Waals surface area (Å²) < 4.78 is 0. The number of benzene rings is 1. The zero-order valence-electron chi connectivity index (χ0n) is 7.69. The molecular formula is C12H14N. The predicted molar refractivity (Wildman–Crippen MR) is 54.4 cm³/mol. The molecule has 0 saturated heterocycles. The smallest absolute Gasteiger partial charge is 0.0387 e. The fourth-order valence-corrected chi connectivity index (χ4v) is 1.57. The summed E-state index contributed by atoms with van der Waals surface area (Å²) in [4.78, 5) is 0. The topological polar surface area (TPSA) is 14.1 Å². The van der Waals surface area contributed by atoms with Crippen LogP contribution in [0.4, 0.5) is 0 Å². The highest BCUT2D eigenvalue weighted by molar-refractivity contribution is 5.14. The van der Waals surface area contributed by atoms with E-state index in [2.05, 4.69) is 41.7 Å². The standard InChI is InChI=1S/C12H14N/c1-2-6-11(7-3-1)10-13-12-8-4-5-9-12/h1-7,12H,8-10H2. The molecule has 1 radical (unpaired) electrons. The molecule has 0 amide bonds. The molecule has 0 saturated carbocycles. The first-order valence-electron chi connectivity index (χ1n) is 4.80. The van der Waals surface area contributed by atoms with E-state index in [0.29, 0.717) is 6.04 Å². The summed E-state index contributed by atoms with van der Waals surface area (Å²) in [5, 5.41) is 4.63. The molecule has 0 unspecified atom stereocenters. The summed E-state index contributed by atoms with van der Waals surface area (Å²) in [7, 11) is 0. The van der Waals surface area contributed by atoms with Gasteiger partial charge in [-0.3, -0.25) is 0 Å². The molecule has 1 aliphatic rings. The van der Waals surface area contributed by atoms with Crippen molar-refractivity contribution in [3.05, 3.63) is 48.0 Å². The van der Waals surface area contributed by atoms with Crippen molar-refractivity contribution in [2.75, 3.05) is 0 Å². The molecule has 1 aliphatic carbocycles. The van der Waals surface area contributed by atoms with Crippen LogP contribution in [0, 0.1) is 0 Å². The first-order chi connectivity index (χ1) is 6.45. The highest BCUT2D eigenvalue weighted by Crippen LogP contribution is 2.11. The average Bonchev–Trinajstić information content (AvgIpc) is 2.69. The normalized spacial score (nSPS) is 16.6. The molecule has 1 heteroatoms. The molecule has 1 aromatic carbocycles. The van der Waals surface area contributed by atoms with Crippen LogP contribution in [0.5, 0.6) is 0 Å². The molecule has 1 aromatic rings. The van der Waals surface area contributed by atoms with Crippen molar-refractivity contribution in [3.63, 3.8) is 0 Å². The number of rotatable bonds is 3. The average molecular weight is 172 g/mol. The summed E-state index contributed by atoms with van der Waals surface area (Å²) in [6.07, 6.45) is 6.71. The van der Waals surface area contributed by atoms with Crippen molar-refractivity contribution in [1.29, 1.82) is 0 Å². The summed E-state index contributed by atoms with van der Waals surface area (Å²) >= 11 is 0. The molecule has 0 aromatic heterocycles. The lowest BCUT2D eigenvalue weighted by atomic mass is 10.2. The molecule has 1 nitrogen and oxygen atoms in total. The fourth-order valence-electron chi connectivity index (χ4n) is 1.57. The van der Waals surface area contributed by atoms with E-state index in [1.165, 1.54) is 5.56 Å². The van der Waals surface area contributed by atoms with Crippen molar-refractivity contribution in [2.24, 2.45) is 0 Å². The Morgan fingerprint density at radius 3 is 2.46 bits per heavy atom. The van der Waals surface area contributed by atoms with Gasteiger partial charge in [-0.1, -0.05) is 42.5 Å². The Balaban J connectivity index is 1.80. The molecule has 67 valence electrons. The van der Waals surface area contributed by atoms with Crippen molar-refractivity contribution < 1.29 is 0 Å². The second-order valence-electron chi connectivity index (χ2n) is 3.42. The highest BCUT2D eigenvalue weighted by atomic mass is 14.9. The second-order valence-corrected chi connectivity index (χ2v) is 3.42. The van der Waals surface area contributed by atoms with Crippen LogP contribution in [0.25, 0.3) is 0 Å². The van der Waals surface area contributed by atoms with Gasteiger partial charge in [0.05, 0.1) is 0 Å². The minimum atomic E-state index is 0.542. The van der Waals surface area contributed by atoms with Crippen molar-refractivity contribution >= 4 is 0 Å². The van der Waals surface area contributed by atoms with E-state index in [-0.39, 0.29) is 0 Å². The molecule has 0 aliphatic heterocycles. The summed E-state index contributed by atoms with van der Waals surface area (Å²) in [5.41, 5.74) is 1.31. The summed E-state index contributed by atoms with van der Waals surface area (Å²) in [6, 6.07) is 11.0. The van der Waals surface area contributed by atoms with Gasteiger partial charge in [-0.25, -0.2) is 5.32 Å². The molecule has 13 heavy (non-hydrogen) atoms. The van der Waals surface area contributed by atoms with Crippen molar-refractivity contribution in [1.82, 2.24) is 5.32 Å². The molecular weight excluding hydrogens is 158 g/mol. The van der Waals surface area contributed by atoms with Crippen LogP contribution in [0.3, 0.4) is 0 Å². The van der Waals surface area contributed by atoms with Gasteiger partial charge in [-0.05, 0) is 18.4 Å². The Kier molecular flexibility index (Phi) is 2.78. The third-order valence-electron chi connectivity index (χ3n) is 2.36. The quantitative estimate of drug-likeness (QED) is 0.622. The van der Waals surface area contributed by atoms with Crippen LogP contribution in [-0.2, 0) is 6.54 Å². The van der Waals surface area contributed by atoms with E-state index < -0.39 is 0 Å². The summed E-state index contributed by atoms with van der Waals surface area (Å²) in [6.45, 7) is 0.868. The van der Waals surface area contributed by atoms with Crippen LogP contribution in [0.2, 0.25) is 0 Å². The van der Waals surface area contributed by atoms with Gasteiger partial charge in [0, 0.05) is 12.6 Å². The molecule has 0 heterocycles. The third-order valence-corrected chi connectivity index (χ3v) is 2.36. The molecule has 0 bridgehead atoms. The molecule has 0 fully saturated rings. The Hall–Kier alpha value is -1.08. The Bertz CT molecular complexity index is 268. The maximum absolute atomic E-state index is 4.63. The Morgan fingerprint density at radius 2 is 1.77 bits per heavy atom. The minimum Gasteiger partial charge on any atom is -0.233 e. The first kappa shape index (κ1) is 8.52. The zero-order valence-corrected chi connectivity index (χ0v) is 7.69. The number of hydrogen-bond donors (Lipinski definition) is 0. The SMILES string of the molecule is C1=CCC([N]Cc2ccccc2)C1. The van der Waals surface area contributed by atoms with Crippen LogP contribution >= 0.6 is 0 Å². The van der Waals surface area contributed by atoms with Gasteiger partial charge >= 0.3 is 0 Å². The van der Waals surface area contributed by atoms with Gasteiger partial charge < -0.3 is 0 Å². The largest absolute Gasteiger partial charge is 0.233 e. The van der Waals surface area contributed by atoms with E-state index >= 15 is 0 Å². The zero-order chi connectivity index (χ0) is 8.93. The lowest BCUT2D eigenvalue weighted by Gasteiger charge is -2.08. The first-order valence-corrected chi connectivity index (χ1v) is 4.80. The maximum atomic E-state index is 4.63. The van der Waals surface area contributed by atoms with Crippen LogP contribution in [0.15, 0.2) is 42.5 Å². The van der Waals surface area contributed by atoms with Gasteiger partial charge in [0.25, 0.3) is 0 Å². The van der Waals surface area contributed by atoms with E-state index in [9.17, 15) is 0 Å². The van der Waals surface area contributed by atoms with Crippen molar-refractivity contribution in [3.8, 4) is 0 Å². The predicted octanol–water partition coefficient (Wildman–Crippen LogP) is 2.51. The van der Waals surface area contributed by atoms with Gasteiger partial charge in [0.1, 0.15) is 0 Å². The van der Waals surface area contributed by atoms with Gasteiger partial charge in [0.2, 0.25) is 0 Å². The molecule has 0 atom stereocenters. The Labute approximate surface area is 79.5 Å². The maximum Gasteiger partial charge on any atom is 0.0387 e. The lowest BCUT2D eigenvalue weighted by molar-refractivity contribution is 0.526.